The number of anilines is 1. The van der Waals surface area contributed by atoms with E-state index < -0.39 is 0 Å². The molecule has 2 rings (SSSR count). The van der Waals surface area contributed by atoms with E-state index in [1.807, 2.05) is 24.0 Å². The van der Waals surface area contributed by atoms with Crippen LogP contribution in [0.15, 0.2) is 12.1 Å². The molecule has 0 radical (unpaired) electrons. The van der Waals surface area contributed by atoms with Crippen LogP contribution in [-0.4, -0.2) is 24.1 Å². The zero-order valence-electron chi connectivity index (χ0n) is 8.07. The lowest BCUT2D eigenvalue weighted by Crippen LogP contribution is -2.56. The summed E-state index contributed by atoms with van der Waals surface area (Å²) >= 11 is 0. The van der Waals surface area contributed by atoms with Crippen LogP contribution in [0, 0.1) is 18.3 Å². The molecule has 0 saturated carbocycles. The quantitative estimate of drug-likeness (QED) is 0.693. The van der Waals surface area contributed by atoms with E-state index in [9.17, 15) is 0 Å². The molecule has 0 atom stereocenters. The molecule has 1 aromatic rings. The number of nitriles is 1. The Kier molecular flexibility index (Phi) is 2.10. The second-order valence-corrected chi connectivity index (χ2v) is 3.60. The summed E-state index contributed by atoms with van der Waals surface area (Å²) in [4.78, 5) is 6.39. The van der Waals surface area contributed by atoms with Gasteiger partial charge in [0.25, 0.3) is 0 Å². The molecular formula is C10H12N4. The molecule has 0 aliphatic carbocycles. The van der Waals surface area contributed by atoms with Crippen molar-refractivity contribution in [2.24, 2.45) is 5.73 Å². The molecule has 1 aliphatic heterocycles. The van der Waals surface area contributed by atoms with Gasteiger partial charge in [-0.05, 0) is 19.1 Å². The Morgan fingerprint density at radius 3 is 2.86 bits per heavy atom. The van der Waals surface area contributed by atoms with Gasteiger partial charge >= 0.3 is 0 Å². The third kappa shape index (κ3) is 1.42. The van der Waals surface area contributed by atoms with Gasteiger partial charge in [0.1, 0.15) is 11.9 Å². The molecule has 4 nitrogen and oxygen atoms in total. The van der Waals surface area contributed by atoms with E-state index in [0.29, 0.717) is 5.56 Å². The second kappa shape index (κ2) is 3.28. The van der Waals surface area contributed by atoms with E-state index in [4.69, 9.17) is 11.0 Å². The van der Waals surface area contributed by atoms with Crippen molar-refractivity contribution in [1.82, 2.24) is 4.98 Å². The third-order valence-electron chi connectivity index (χ3n) is 2.34. The van der Waals surface area contributed by atoms with Crippen LogP contribution in [0.2, 0.25) is 0 Å². The maximum absolute atomic E-state index is 8.90. The topological polar surface area (TPSA) is 65.9 Å². The van der Waals surface area contributed by atoms with Crippen molar-refractivity contribution in [3.8, 4) is 6.07 Å². The largest absolute Gasteiger partial charge is 0.352 e. The lowest BCUT2D eigenvalue weighted by atomic mass is 10.1. The molecule has 2 heterocycles. The Morgan fingerprint density at radius 1 is 1.57 bits per heavy atom. The van der Waals surface area contributed by atoms with Gasteiger partial charge in [-0.2, -0.15) is 5.26 Å². The maximum atomic E-state index is 8.90. The summed E-state index contributed by atoms with van der Waals surface area (Å²) in [5.41, 5.74) is 7.24. The predicted molar refractivity (Wildman–Crippen MR) is 53.9 cm³/mol. The van der Waals surface area contributed by atoms with Crippen molar-refractivity contribution < 1.29 is 0 Å². The summed E-state index contributed by atoms with van der Waals surface area (Å²) < 4.78 is 0. The lowest BCUT2D eigenvalue weighted by molar-refractivity contribution is 0.514. The van der Waals surface area contributed by atoms with E-state index in [1.54, 1.807) is 0 Å². The van der Waals surface area contributed by atoms with E-state index in [-0.39, 0.29) is 6.04 Å². The molecule has 0 unspecified atom stereocenters. The van der Waals surface area contributed by atoms with Gasteiger partial charge in [-0.25, -0.2) is 4.98 Å². The summed E-state index contributed by atoms with van der Waals surface area (Å²) in [7, 11) is 0. The Hall–Kier alpha value is -1.60. The number of aryl methyl sites for hydroxylation is 1. The van der Waals surface area contributed by atoms with Crippen LogP contribution in [0.4, 0.5) is 5.82 Å². The Bertz CT molecular complexity index is 388. The molecule has 1 aliphatic rings. The standard InChI is InChI=1S/C10H12N4/c1-7-2-3-8(4-11)10(13-7)14-5-9(12)6-14/h2-3,9H,5-6,12H2,1H3. The van der Waals surface area contributed by atoms with Gasteiger partial charge in [0.2, 0.25) is 0 Å². The molecule has 14 heavy (non-hydrogen) atoms. The van der Waals surface area contributed by atoms with E-state index in [1.165, 1.54) is 0 Å². The first-order chi connectivity index (χ1) is 6.70. The number of rotatable bonds is 1. The molecule has 0 bridgehead atoms. The number of hydrogen-bond acceptors (Lipinski definition) is 4. The van der Waals surface area contributed by atoms with Crippen LogP contribution in [0.25, 0.3) is 0 Å². The number of aromatic nitrogens is 1. The highest BCUT2D eigenvalue weighted by atomic mass is 15.3. The summed E-state index contributed by atoms with van der Waals surface area (Å²) in [5, 5.41) is 8.90. The predicted octanol–water partition coefficient (Wildman–Crippen LogP) is 0.409. The molecule has 0 amide bonds. The Balaban J connectivity index is 2.32. The van der Waals surface area contributed by atoms with E-state index in [2.05, 4.69) is 11.1 Å². The van der Waals surface area contributed by atoms with Crippen LogP contribution < -0.4 is 10.6 Å². The molecule has 1 aromatic heterocycles. The van der Waals surface area contributed by atoms with Crippen molar-refractivity contribution in [3.63, 3.8) is 0 Å². The normalized spacial score (nSPS) is 16.2. The molecule has 4 heteroatoms. The molecule has 1 saturated heterocycles. The van der Waals surface area contributed by atoms with Gasteiger partial charge in [0, 0.05) is 24.8 Å². The van der Waals surface area contributed by atoms with Crippen molar-refractivity contribution in [2.45, 2.75) is 13.0 Å². The zero-order chi connectivity index (χ0) is 10.1. The van der Waals surface area contributed by atoms with Crippen LogP contribution in [0.3, 0.4) is 0 Å². The van der Waals surface area contributed by atoms with Crippen molar-refractivity contribution >= 4 is 5.82 Å². The monoisotopic (exact) mass is 188 g/mol. The van der Waals surface area contributed by atoms with Crippen LogP contribution in [-0.2, 0) is 0 Å². The van der Waals surface area contributed by atoms with Gasteiger partial charge in [-0.15, -0.1) is 0 Å². The summed E-state index contributed by atoms with van der Waals surface area (Å²) in [6.45, 7) is 3.51. The average molecular weight is 188 g/mol. The van der Waals surface area contributed by atoms with Gasteiger partial charge < -0.3 is 10.6 Å². The zero-order valence-corrected chi connectivity index (χ0v) is 8.07. The van der Waals surface area contributed by atoms with Crippen LogP contribution in [0.5, 0.6) is 0 Å². The van der Waals surface area contributed by atoms with Crippen molar-refractivity contribution in [1.29, 1.82) is 5.26 Å². The fourth-order valence-corrected chi connectivity index (χ4v) is 1.56. The number of nitrogens with zero attached hydrogens (tertiary/aromatic N) is 3. The third-order valence-corrected chi connectivity index (χ3v) is 2.34. The number of hydrogen-bond donors (Lipinski definition) is 1. The number of pyridine rings is 1. The molecule has 1 fully saturated rings. The first-order valence-electron chi connectivity index (χ1n) is 4.59. The minimum atomic E-state index is 0.226. The molecular weight excluding hydrogens is 176 g/mol. The summed E-state index contributed by atoms with van der Waals surface area (Å²) in [6.07, 6.45) is 0. The van der Waals surface area contributed by atoms with Gasteiger partial charge in [0.15, 0.2) is 0 Å². The van der Waals surface area contributed by atoms with Gasteiger partial charge in [0.05, 0.1) is 5.56 Å². The summed E-state index contributed by atoms with van der Waals surface area (Å²) in [5.74, 6) is 0.772. The fraction of sp³-hybridized carbons (Fsp3) is 0.400. The summed E-state index contributed by atoms with van der Waals surface area (Å²) in [6, 6.07) is 6.02. The van der Waals surface area contributed by atoms with Gasteiger partial charge in [-0.1, -0.05) is 0 Å². The highest BCUT2D eigenvalue weighted by molar-refractivity contribution is 5.56. The minimum absolute atomic E-state index is 0.226. The smallest absolute Gasteiger partial charge is 0.146 e. The van der Waals surface area contributed by atoms with E-state index in [0.717, 1.165) is 24.6 Å². The van der Waals surface area contributed by atoms with Gasteiger partial charge in [-0.3, -0.25) is 0 Å². The molecule has 0 spiro atoms. The van der Waals surface area contributed by atoms with Crippen molar-refractivity contribution in [3.05, 3.63) is 23.4 Å². The Morgan fingerprint density at radius 2 is 2.29 bits per heavy atom. The second-order valence-electron chi connectivity index (χ2n) is 3.60. The molecule has 0 aromatic carbocycles. The molecule has 72 valence electrons. The van der Waals surface area contributed by atoms with Crippen molar-refractivity contribution in [2.75, 3.05) is 18.0 Å². The average Bonchev–Trinajstić information content (AvgIpc) is 2.13. The lowest BCUT2D eigenvalue weighted by Gasteiger charge is -2.38. The first-order valence-corrected chi connectivity index (χ1v) is 4.59. The minimum Gasteiger partial charge on any atom is -0.352 e. The van der Waals surface area contributed by atoms with E-state index >= 15 is 0 Å². The maximum Gasteiger partial charge on any atom is 0.146 e. The number of nitrogens with two attached hydrogens (primary N) is 1. The molecule has 2 N–H and O–H groups in total. The van der Waals surface area contributed by atoms with Crippen LogP contribution >= 0.6 is 0 Å². The fourth-order valence-electron chi connectivity index (χ4n) is 1.56. The Labute approximate surface area is 83.0 Å². The highest BCUT2D eigenvalue weighted by Crippen LogP contribution is 2.21. The van der Waals surface area contributed by atoms with Crippen LogP contribution in [0.1, 0.15) is 11.3 Å². The highest BCUT2D eigenvalue weighted by Gasteiger charge is 2.26. The first kappa shape index (κ1) is 8.97. The SMILES string of the molecule is Cc1ccc(C#N)c(N2CC(N)C2)n1.